The SMILES string of the molecule is NCCC(=O)N1CCC(c2ccccc2F)CC1. The number of hydrogen-bond donors (Lipinski definition) is 1. The van der Waals surface area contributed by atoms with Gasteiger partial charge in [-0.05, 0) is 30.4 Å². The number of amides is 1. The van der Waals surface area contributed by atoms with Crippen molar-refractivity contribution >= 4 is 5.91 Å². The molecule has 18 heavy (non-hydrogen) atoms. The lowest BCUT2D eigenvalue weighted by Crippen LogP contribution is -2.38. The maximum atomic E-state index is 13.7. The van der Waals surface area contributed by atoms with E-state index in [0.717, 1.165) is 18.4 Å². The molecule has 0 aromatic heterocycles. The first kappa shape index (κ1) is 13.0. The molecule has 1 aliphatic heterocycles. The predicted octanol–water partition coefficient (Wildman–Crippen LogP) is 1.88. The Hall–Kier alpha value is -1.42. The van der Waals surface area contributed by atoms with Gasteiger partial charge in [0.25, 0.3) is 0 Å². The van der Waals surface area contributed by atoms with Gasteiger partial charge in [-0.25, -0.2) is 4.39 Å². The van der Waals surface area contributed by atoms with Crippen molar-refractivity contribution in [3.63, 3.8) is 0 Å². The van der Waals surface area contributed by atoms with Gasteiger partial charge < -0.3 is 10.6 Å². The Balaban J connectivity index is 1.95. The molecule has 0 radical (unpaired) electrons. The Morgan fingerprint density at radius 1 is 1.33 bits per heavy atom. The van der Waals surface area contributed by atoms with Gasteiger partial charge in [0, 0.05) is 26.1 Å². The maximum Gasteiger partial charge on any atom is 0.223 e. The summed E-state index contributed by atoms with van der Waals surface area (Å²) in [5.74, 6) is 0.210. The lowest BCUT2D eigenvalue weighted by atomic mass is 9.89. The van der Waals surface area contributed by atoms with Gasteiger partial charge in [-0.3, -0.25) is 4.79 Å². The molecule has 0 unspecified atom stereocenters. The topological polar surface area (TPSA) is 46.3 Å². The van der Waals surface area contributed by atoms with Gasteiger partial charge in [-0.2, -0.15) is 0 Å². The number of halogens is 1. The first-order valence-corrected chi connectivity index (χ1v) is 6.44. The highest BCUT2D eigenvalue weighted by Gasteiger charge is 2.24. The molecule has 2 rings (SSSR count). The molecule has 1 aromatic carbocycles. The summed E-state index contributed by atoms with van der Waals surface area (Å²) in [4.78, 5) is 13.5. The normalized spacial score (nSPS) is 16.9. The molecule has 0 saturated carbocycles. The summed E-state index contributed by atoms with van der Waals surface area (Å²) in [5.41, 5.74) is 6.16. The molecule has 1 aromatic rings. The van der Waals surface area contributed by atoms with Crippen LogP contribution in [0.15, 0.2) is 24.3 Å². The summed E-state index contributed by atoms with van der Waals surface area (Å²) in [5, 5.41) is 0. The van der Waals surface area contributed by atoms with Crippen LogP contribution in [0.1, 0.15) is 30.7 Å². The Labute approximate surface area is 107 Å². The fourth-order valence-electron chi connectivity index (χ4n) is 2.53. The van der Waals surface area contributed by atoms with E-state index in [1.54, 1.807) is 6.07 Å². The number of likely N-dealkylation sites (tertiary alicyclic amines) is 1. The molecule has 98 valence electrons. The van der Waals surface area contributed by atoms with Crippen LogP contribution in [0.3, 0.4) is 0 Å². The zero-order valence-corrected chi connectivity index (χ0v) is 10.4. The zero-order valence-electron chi connectivity index (χ0n) is 10.4. The third-order valence-electron chi connectivity index (χ3n) is 3.55. The van der Waals surface area contributed by atoms with Crippen molar-refractivity contribution in [1.82, 2.24) is 4.90 Å². The molecule has 0 atom stereocenters. The van der Waals surface area contributed by atoms with Crippen LogP contribution in [0.4, 0.5) is 4.39 Å². The van der Waals surface area contributed by atoms with Crippen molar-refractivity contribution in [2.75, 3.05) is 19.6 Å². The van der Waals surface area contributed by atoms with Crippen LogP contribution in [0.25, 0.3) is 0 Å². The fourth-order valence-corrected chi connectivity index (χ4v) is 2.53. The minimum atomic E-state index is -0.135. The molecular formula is C14H19FN2O. The molecule has 1 aliphatic rings. The first-order valence-electron chi connectivity index (χ1n) is 6.44. The second kappa shape index (κ2) is 5.96. The second-order valence-electron chi connectivity index (χ2n) is 4.72. The van der Waals surface area contributed by atoms with Crippen molar-refractivity contribution in [2.45, 2.75) is 25.2 Å². The van der Waals surface area contributed by atoms with Crippen LogP contribution in [0.2, 0.25) is 0 Å². The third kappa shape index (κ3) is 2.88. The summed E-state index contributed by atoms with van der Waals surface area (Å²) >= 11 is 0. The fraction of sp³-hybridized carbons (Fsp3) is 0.500. The Morgan fingerprint density at radius 2 is 2.00 bits per heavy atom. The number of carbonyl (C=O) groups is 1. The van der Waals surface area contributed by atoms with Gasteiger partial charge in [0.1, 0.15) is 5.82 Å². The summed E-state index contributed by atoms with van der Waals surface area (Å²) in [6.07, 6.45) is 2.07. The van der Waals surface area contributed by atoms with E-state index in [9.17, 15) is 9.18 Å². The number of nitrogens with two attached hydrogens (primary N) is 1. The standard InChI is InChI=1S/C14H19FN2O/c15-13-4-2-1-3-12(13)11-6-9-17(10-7-11)14(18)5-8-16/h1-4,11H,5-10,16H2. The molecule has 1 saturated heterocycles. The highest BCUT2D eigenvalue weighted by Crippen LogP contribution is 2.29. The molecule has 3 nitrogen and oxygen atoms in total. The van der Waals surface area contributed by atoms with Crippen LogP contribution >= 0.6 is 0 Å². The van der Waals surface area contributed by atoms with E-state index in [4.69, 9.17) is 5.73 Å². The molecule has 4 heteroatoms. The van der Waals surface area contributed by atoms with E-state index in [0.29, 0.717) is 26.1 Å². The van der Waals surface area contributed by atoms with Gasteiger partial charge in [-0.15, -0.1) is 0 Å². The van der Waals surface area contributed by atoms with Crippen molar-refractivity contribution in [3.05, 3.63) is 35.6 Å². The quantitative estimate of drug-likeness (QED) is 0.890. The summed E-state index contributed by atoms with van der Waals surface area (Å²) in [6, 6.07) is 6.92. The summed E-state index contributed by atoms with van der Waals surface area (Å²) in [7, 11) is 0. The summed E-state index contributed by atoms with van der Waals surface area (Å²) < 4.78 is 13.7. The number of carbonyl (C=O) groups excluding carboxylic acids is 1. The van der Waals surface area contributed by atoms with Crippen LogP contribution in [-0.2, 0) is 4.79 Å². The second-order valence-corrected chi connectivity index (χ2v) is 4.72. The van der Waals surface area contributed by atoms with Crippen LogP contribution in [0, 0.1) is 5.82 Å². The highest BCUT2D eigenvalue weighted by molar-refractivity contribution is 5.76. The van der Waals surface area contributed by atoms with E-state index in [1.807, 2.05) is 17.0 Å². The molecule has 1 heterocycles. The number of rotatable bonds is 3. The van der Waals surface area contributed by atoms with Gasteiger partial charge in [0.2, 0.25) is 5.91 Å². The van der Waals surface area contributed by atoms with Gasteiger partial charge in [0.15, 0.2) is 0 Å². The largest absolute Gasteiger partial charge is 0.343 e. The van der Waals surface area contributed by atoms with Crippen molar-refractivity contribution in [2.24, 2.45) is 5.73 Å². The Morgan fingerprint density at radius 3 is 2.61 bits per heavy atom. The first-order chi connectivity index (χ1) is 8.72. The van der Waals surface area contributed by atoms with E-state index >= 15 is 0 Å². The molecule has 2 N–H and O–H groups in total. The van der Waals surface area contributed by atoms with Crippen LogP contribution in [0.5, 0.6) is 0 Å². The lowest BCUT2D eigenvalue weighted by Gasteiger charge is -2.32. The molecule has 0 bridgehead atoms. The van der Waals surface area contributed by atoms with Crippen molar-refractivity contribution in [3.8, 4) is 0 Å². The monoisotopic (exact) mass is 250 g/mol. The zero-order chi connectivity index (χ0) is 13.0. The van der Waals surface area contributed by atoms with Crippen LogP contribution < -0.4 is 5.73 Å². The van der Waals surface area contributed by atoms with Crippen molar-refractivity contribution < 1.29 is 9.18 Å². The van der Waals surface area contributed by atoms with Gasteiger partial charge in [-0.1, -0.05) is 18.2 Å². The van der Waals surface area contributed by atoms with Crippen molar-refractivity contribution in [1.29, 1.82) is 0 Å². The molecule has 1 fully saturated rings. The van der Waals surface area contributed by atoms with E-state index in [2.05, 4.69) is 0 Å². The van der Waals surface area contributed by atoms with E-state index < -0.39 is 0 Å². The highest BCUT2D eigenvalue weighted by atomic mass is 19.1. The number of benzene rings is 1. The Kier molecular flexibility index (Phi) is 4.31. The minimum Gasteiger partial charge on any atom is -0.343 e. The average molecular weight is 250 g/mol. The number of hydrogen-bond acceptors (Lipinski definition) is 2. The van der Waals surface area contributed by atoms with E-state index in [1.165, 1.54) is 6.07 Å². The average Bonchev–Trinajstić information content (AvgIpc) is 2.40. The third-order valence-corrected chi connectivity index (χ3v) is 3.55. The van der Waals surface area contributed by atoms with E-state index in [-0.39, 0.29) is 17.6 Å². The number of nitrogens with zero attached hydrogens (tertiary/aromatic N) is 1. The predicted molar refractivity (Wildman–Crippen MR) is 68.6 cm³/mol. The van der Waals surface area contributed by atoms with Gasteiger partial charge >= 0.3 is 0 Å². The minimum absolute atomic E-state index is 0.115. The smallest absolute Gasteiger partial charge is 0.223 e. The Bertz CT molecular complexity index is 414. The van der Waals surface area contributed by atoms with Gasteiger partial charge in [0.05, 0.1) is 0 Å². The molecule has 0 spiro atoms. The summed E-state index contributed by atoms with van der Waals surface area (Å²) in [6.45, 7) is 1.81. The number of piperidine rings is 1. The molecular weight excluding hydrogens is 231 g/mol. The lowest BCUT2D eigenvalue weighted by molar-refractivity contribution is -0.132. The maximum absolute atomic E-state index is 13.7. The molecule has 0 aliphatic carbocycles. The van der Waals surface area contributed by atoms with Crippen LogP contribution in [-0.4, -0.2) is 30.4 Å². The molecule has 1 amide bonds.